The van der Waals surface area contributed by atoms with E-state index in [0.29, 0.717) is 4.60 Å². The average molecular weight is 425 g/mol. The van der Waals surface area contributed by atoms with E-state index in [9.17, 15) is 13.2 Å². The molecule has 2 aromatic carbocycles. The number of rotatable bonds is 5. The van der Waals surface area contributed by atoms with Crippen LogP contribution in [0, 0.1) is 0 Å². The molecule has 3 aromatic rings. The molecule has 0 radical (unpaired) electrons. The van der Waals surface area contributed by atoms with Crippen LogP contribution in [0.1, 0.15) is 11.1 Å². The number of halogens is 4. The van der Waals surface area contributed by atoms with Crippen molar-refractivity contribution in [1.82, 2.24) is 9.97 Å². The molecule has 0 saturated heterocycles. The first-order chi connectivity index (χ1) is 12.4. The monoisotopic (exact) mass is 424 g/mol. The molecule has 0 aliphatic rings. The Kier molecular flexibility index (Phi) is 5.41. The molecule has 1 heterocycles. The van der Waals surface area contributed by atoms with Gasteiger partial charge in [-0.1, -0.05) is 36.4 Å². The zero-order valence-electron chi connectivity index (χ0n) is 13.2. The summed E-state index contributed by atoms with van der Waals surface area (Å²) in [5.74, 6) is 0.0775. The van der Waals surface area contributed by atoms with E-state index >= 15 is 0 Å². The molecule has 0 fully saturated rings. The van der Waals surface area contributed by atoms with Crippen LogP contribution in [0.3, 0.4) is 0 Å². The van der Waals surface area contributed by atoms with Crippen molar-refractivity contribution < 1.29 is 22.6 Å². The zero-order valence-corrected chi connectivity index (χ0v) is 14.8. The zero-order chi connectivity index (χ0) is 18.6. The van der Waals surface area contributed by atoms with E-state index in [-0.39, 0.29) is 24.2 Å². The van der Waals surface area contributed by atoms with E-state index in [1.54, 1.807) is 0 Å². The fourth-order valence-corrected chi connectivity index (χ4v) is 2.42. The van der Waals surface area contributed by atoms with Gasteiger partial charge < -0.3 is 9.47 Å². The highest BCUT2D eigenvalue weighted by Crippen LogP contribution is 2.33. The summed E-state index contributed by atoms with van der Waals surface area (Å²) in [6.45, 7) is 0.250. The van der Waals surface area contributed by atoms with Crippen LogP contribution >= 0.6 is 15.9 Å². The third-order valence-corrected chi connectivity index (χ3v) is 3.65. The lowest BCUT2D eigenvalue weighted by Gasteiger charge is -2.10. The molecule has 3 rings (SSSR count). The van der Waals surface area contributed by atoms with Crippen LogP contribution in [0.25, 0.3) is 0 Å². The Morgan fingerprint density at radius 1 is 0.923 bits per heavy atom. The smallest absolute Gasteiger partial charge is 0.416 e. The summed E-state index contributed by atoms with van der Waals surface area (Å²) in [5.41, 5.74) is 0.125. The Bertz CT molecular complexity index is 889. The number of alkyl halides is 3. The number of nitrogens with zero attached hydrogens (tertiary/aromatic N) is 2. The van der Waals surface area contributed by atoms with Crippen LogP contribution in [0.5, 0.6) is 17.6 Å². The van der Waals surface area contributed by atoms with Crippen molar-refractivity contribution in [1.29, 1.82) is 0 Å². The minimum absolute atomic E-state index is 0.0134. The molecule has 0 saturated carbocycles. The van der Waals surface area contributed by atoms with Crippen molar-refractivity contribution in [3.8, 4) is 17.6 Å². The Morgan fingerprint density at radius 3 is 2.42 bits per heavy atom. The van der Waals surface area contributed by atoms with E-state index in [1.807, 2.05) is 30.3 Å². The van der Waals surface area contributed by atoms with Crippen LogP contribution in [-0.4, -0.2) is 9.97 Å². The molecule has 0 aliphatic heterocycles. The Morgan fingerprint density at radius 2 is 1.69 bits per heavy atom. The molecule has 0 bridgehead atoms. The first-order valence-electron chi connectivity index (χ1n) is 7.46. The fourth-order valence-electron chi connectivity index (χ4n) is 2.07. The summed E-state index contributed by atoms with van der Waals surface area (Å²) in [4.78, 5) is 8.14. The van der Waals surface area contributed by atoms with E-state index in [2.05, 4.69) is 25.9 Å². The van der Waals surface area contributed by atoms with Gasteiger partial charge in [-0.2, -0.15) is 23.1 Å². The standard InChI is InChI=1S/C18H12BrF3N2O2/c19-15-10-16(26-14-8-4-7-13(9-14)18(20,21)22)24-17(23-15)25-11-12-5-2-1-3-6-12/h1-10H,11H2. The Hall–Kier alpha value is -2.61. The number of aromatic nitrogens is 2. The maximum absolute atomic E-state index is 12.8. The topological polar surface area (TPSA) is 44.2 Å². The predicted octanol–water partition coefficient (Wildman–Crippen LogP) is 5.63. The van der Waals surface area contributed by atoms with E-state index in [4.69, 9.17) is 9.47 Å². The van der Waals surface area contributed by atoms with Crippen molar-refractivity contribution in [3.63, 3.8) is 0 Å². The van der Waals surface area contributed by atoms with Crippen molar-refractivity contribution in [2.45, 2.75) is 12.8 Å². The fraction of sp³-hybridized carbons (Fsp3) is 0.111. The van der Waals surface area contributed by atoms with Gasteiger partial charge in [-0.3, -0.25) is 0 Å². The van der Waals surface area contributed by atoms with E-state index in [0.717, 1.165) is 17.7 Å². The Balaban J connectivity index is 1.75. The van der Waals surface area contributed by atoms with Gasteiger partial charge in [0.1, 0.15) is 17.0 Å². The molecule has 0 aliphatic carbocycles. The first kappa shape index (κ1) is 18.2. The second kappa shape index (κ2) is 7.74. The molecule has 0 spiro atoms. The van der Waals surface area contributed by atoms with E-state index in [1.165, 1.54) is 18.2 Å². The molecule has 4 nitrogen and oxygen atoms in total. The summed E-state index contributed by atoms with van der Waals surface area (Å²) < 4.78 is 49.7. The molecular formula is C18H12BrF3N2O2. The van der Waals surface area contributed by atoms with Gasteiger partial charge in [0.05, 0.1) is 5.56 Å². The summed E-state index contributed by atoms with van der Waals surface area (Å²) in [7, 11) is 0. The second-order valence-corrected chi connectivity index (χ2v) is 6.03. The van der Waals surface area contributed by atoms with Gasteiger partial charge in [-0.15, -0.1) is 0 Å². The minimum atomic E-state index is -4.45. The lowest BCUT2D eigenvalue weighted by Crippen LogP contribution is -2.05. The largest absolute Gasteiger partial charge is 0.458 e. The third-order valence-electron chi connectivity index (χ3n) is 3.25. The second-order valence-electron chi connectivity index (χ2n) is 5.21. The van der Waals surface area contributed by atoms with Gasteiger partial charge in [0.25, 0.3) is 0 Å². The van der Waals surface area contributed by atoms with E-state index < -0.39 is 11.7 Å². The SMILES string of the molecule is FC(F)(F)c1cccc(Oc2cc(Br)nc(OCc3ccccc3)n2)c1. The molecule has 0 N–H and O–H groups in total. The van der Waals surface area contributed by atoms with Crippen molar-refractivity contribution in [3.05, 3.63) is 76.4 Å². The quantitative estimate of drug-likeness (QED) is 0.497. The number of ether oxygens (including phenoxy) is 2. The highest BCUT2D eigenvalue weighted by molar-refractivity contribution is 9.10. The molecular weight excluding hydrogens is 413 g/mol. The molecule has 0 atom stereocenters. The highest BCUT2D eigenvalue weighted by Gasteiger charge is 2.30. The third kappa shape index (κ3) is 4.95. The van der Waals surface area contributed by atoms with Gasteiger partial charge in [0, 0.05) is 6.07 Å². The molecule has 8 heteroatoms. The van der Waals surface area contributed by atoms with Crippen molar-refractivity contribution >= 4 is 15.9 Å². The molecule has 1 aromatic heterocycles. The number of hydrogen-bond donors (Lipinski definition) is 0. The number of hydrogen-bond acceptors (Lipinski definition) is 4. The van der Waals surface area contributed by atoms with Gasteiger partial charge in [-0.25, -0.2) is 0 Å². The normalized spacial score (nSPS) is 11.2. The molecule has 0 amide bonds. The first-order valence-corrected chi connectivity index (χ1v) is 8.26. The van der Waals surface area contributed by atoms with Gasteiger partial charge in [-0.05, 0) is 39.7 Å². The summed E-state index contributed by atoms with van der Waals surface area (Å²) in [6.07, 6.45) is -4.45. The predicted molar refractivity (Wildman–Crippen MR) is 92.0 cm³/mol. The summed E-state index contributed by atoms with van der Waals surface area (Å²) >= 11 is 3.21. The lowest BCUT2D eigenvalue weighted by atomic mass is 10.2. The minimum Gasteiger partial charge on any atom is -0.458 e. The Labute approximate surface area is 155 Å². The van der Waals surface area contributed by atoms with Crippen molar-refractivity contribution in [2.24, 2.45) is 0 Å². The van der Waals surface area contributed by atoms with Crippen molar-refractivity contribution in [2.75, 3.05) is 0 Å². The van der Waals surface area contributed by atoms with Crippen LogP contribution < -0.4 is 9.47 Å². The number of benzene rings is 2. The van der Waals surface area contributed by atoms with Gasteiger partial charge in [0.15, 0.2) is 0 Å². The highest BCUT2D eigenvalue weighted by atomic mass is 79.9. The van der Waals surface area contributed by atoms with Gasteiger partial charge in [0.2, 0.25) is 5.88 Å². The maximum Gasteiger partial charge on any atom is 0.416 e. The lowest BCUT2D eigenvalue weighted by molar-refractivity contribution is -0.137. The summed E-state index contributed by atoms with van der Waals surface area (Å²) in [6, 6.07) is 15.5. The molecule has 134 valence electrons. The molecule has 26 heavy (non-hydrogen) atoms. The van der Waals surface area contributed by atoms with Crippen LogP contribution in [0.15, 0.2) is 65.3 Å². The summed E-state index contributed by atoms with van der Waals surface area (Å²) in [5, 5.41) is 0. The van der Waals surface area contributed by atoms with Crippen LogP contribution in [0.2, 0.25) is 0 Å². The average Bonchev–Trinajstić information content (AvgIpc) is 2.60. The maximum atomic E-state index is 12.8. The van der Waals surface area contributed by atoms with Crippen LogP contribution in [-0.2, 0) is 12.8 Å². The van der Waals surface area contributed by atoms with Gasteiger partial charge >= 0.3 is 12.2 Å². The molecule has 0 unspecified atom stereocenters. The van der Waals surface area contributed by atoms with Crippen LogP contribution in [0.4, 0.5) is 13.2 Å².